The van der Waals surface area contributed by atoms with Gasteiger partial charge in [0, 0.05) is 12.5 Å². The average molecular weight is 289 g/mol. The molecule has 0 saturated carbocycles. The minimum absolute atomic E-state index is 0.0240. The highest BCUT2D eigenvalue weighted by molar-refractivity contribution is 7.91. The molecule has 0 aliphatic carbocycles. The molecule has 7 nitrogen and oxygen atoms in total. The summed E-state index contributed by atoms with van der Waals surface area (Å²) in [5, 5.41) is 8.32. The van der Waals surface area contributed by atoms with Gasteiger partial charge in [-0.1, -0.05) is 0 Å². The second kappa shape index (κ2) is 6.39. The number of carbonyl (C=O) groups excluding carboxylic acids is 1. The molecule has 1 amide bonds. The van der Waals surface area contributed by atoms with Crippen LogP contribution in [-0.2, 0) is 14.6 Å². The fourth-order valence-electron chi connectivity index (χ4n) is 1.41. The highest BCUT2D eigenvalue weighted by Gasteiger charge is 2.18. The van der Waals surface area contributed by atoms with Gasteiger partial charge in [-0.05, 0) is 12.1 Å². The Morgan fingerprint density at radius 2 is 1.89 bits per heavy atom. The number of hydroxylamine groups is 1. The topological polar surface area (TPSA) is 102 Å². The molecule has 0 fully saturated rings. The smallest absolute Gasteiger partial charge is 0.244 e. The van der Waals surface area contributed by atoms with E-state index in [1.165, 1.54) is 37.9 Å². The monoisotopic (exact) mass is 289 g/mol. The first kappa shape index (κ1) is 15.3. The zero-order valence-corrected chi connectivity index (χ0v) is 11.4. The van der Waals surface area contributed by atoms with E-state index < -0.39 is 21.5 Å². The highest BCUT2D eigenvalue weighted by atomic mass is 32.2. The summed E-state index contributed by atoms with van der Waals surface area (Å²) in [5.41, 5.74) is 1.38. The van der Waals surface area contributed by atoms with E-state index in [0.717, 1.165) is 0 Å². The molecule has 19 heavy (non-hydrogen) atoms. The molecule has 0 aromatic heterocycles. The molecule has 0 unspecified atom stereocenters. The molecule has 8 heteroatoms. The van der Waals surface area contributed by atoms with Crippen LogP contribution in [0.3, 0.4) is 0 Å². The van der Waals surface area contributed by atoms with Crippen LogP contribution >= 0.6 is 0 Å². The fourth-order valence-corrected chi connectivity index (χ4v) is 2.66. The van der Waals surface area contributed by atoms with Gasteiger partial charge in [-0.3, -0.25) is 10.0 Å². The van der Waals surface area contributed by atoms with Crippen LogP contribution in [0.2, 0.25) is 0 Å². The van der Waals surface area contributed by atoms with Crippen molar-refractivity contribution >= 4 is 15.7 Å². The Balaban J connectivity index is 2.98. The summed E-state index contributed by atoms with van der Waals surface area (Å²) in [6.45, 7) is 0. The van der Waals surface area contributed by atoms with Gasteiger partial charge in [0.05, 0.1) is 24.9 Å². The Morgan fingerprint density at radius 3 is 2.42 bits per heavy atom. The summed E-state index contributed by atoms with van der Waals surface area (Å²) in [7, 11) is -0.792. The molecular formula is C11H15NO6S. The Kier molecular flexibility index (Phi) is 5.13. The number of ether oxygens (including phenoxy) is 2. The molecule has 1 aromatic carbocycles. The average Bonchev–Trinajstić information content (AvgIpc) is 2.43. The zero-order chi connectivity index (χ0) is 14.5. The second-order valence-electron chi connectivity index (χ2n) is 3.62. The normalized spacial score (nSPS) is 10.9. The van der Waals surface area contributed by atoms with Crippen LogP contribution in [0.25, 0.3) is 0 Å². The fraction of sp³-hybridized carbons (Fsp3) is 0.364. The van der Waals surface area contributed by atoms with Gasteiger partial charge in [0.15, 0.2) is 21.3 Å². The number of nitrogens with one attached hydrogen (secondary N) is 1. The molecule has 0 atom stereocenters. The van der Waals surface area contributed by atoms with E-state index in [9.17, 15) is 13.2 Å². The van der Waals surface area contributed by atoms with Gasteiger partial charge in [0.25, 0.3) is 0 Å². The molecule has 106 valence electrons. The Labute approximate surface area is 111 Å². The van der Waals surface area contributed by atoms with Crippen molar-refractivity contribution < 1.29 is 27.9 Å². The predicted octanol–water partition coefficient (Wildman–Crippen LogP) is 0.373. The Morgan fingerprint density at radius 1 is 1.26 bits per heavy atom. The van der Waals surface area contributed by atoms with Crippen LogP contribution in [0.5, 0.6) is 11.5 Å². The van der Waals surface area contributed by atoms with E-state index in [1.54, 1.807) is 0 Å². The molecule has 0 aliphatic heterocycles. The quantitative estimate of drug-likeness (QED) is 0.579. The van der Waals surface area contributed by atoms with Gasteiger partial charge in [-0.2, -0.15) is 0 Å². The molecule has 0 aliphatic rings. The van der Waals surface area contributed by atoms with Crippen molar-refractivity contribution in [3.8, 4) is 11.5 Å². The molecule has 1 aromatic rings. The van der Waals surface area contributed by atoms with Crippen molar-refractivity contribution in [3.63, 3.8) is 0 Å². The van der Waals surface area contributed by atoms with Crippen LogP contribution in [0.1, 0.15) is 6.42 Å². The van der Waals surface area contributed by atoms with Gasteiger partial charge < -0.3 is 9.47 Å². The first-order chi connectivity index (χ1) is 8.94. The van der Waals surface area contributed by atoms with Crippen molar-refractivity contribution in [3.05, 3.63) is 18.2 Å². The van der Waals surface area contributed by atoms with Crippen molar-refractivity contribution in [1.82, 2.24) is 5.48 Å². The van der Waals surface area contributed by atoms with E-state index in [-0.39, 0.29) is 17.1 Å². The number of methoxy groups -OCH3 is 2. The third-order valence-electron chi connectivity index (χ3n) is 2.44. The van der Waals surface area contributed by atoms with Crippen LogP contribution in [0.4, 0.5) is 0 Å². The second-order valence-corrected chi connectivity index (χ2v) is 5.73. The van der Waals surface area contributed by atoms with Crippen LogP contribution in [0.15, 0.2) is 23.1 Å². The molecule has 0 spiro atoms. The summed E-state index contributed by atoms with van der Waals surface area (Å²) >= 11 is 0. The Hall–Kier alpha value is -1.80. The molecule has 1 rings (SSSR count). The Bertz CT molecular complexity index is 554. The number of rotatable bonds is 6. The lowest BCUT2D eigenvalue weighted by Gasteiger charge is -2.10. The van der Waals surface area contributed by atoms with Gasteiger partial charge in [-0.15, -0.1) is 0 Å². The van der Waals surface area contributed by atoms with Crippen molar-refractivity contribution in [2.24, 2.45) is 0 Å². The number of amides is 1. The number of carbonyl (C=O) groups is 1. The van der Waals surface area contributed by atoms with Crippen molar-refractivity contribution in [2.75, 3.05) is 20.0 Å². The lowest BCUT2D eigenvalue weighted by atomic mass is 10.3. The van der Waals surface area contributed by atoms with Crippen LogP contribution in [0, 0.1) is 0 Å². The molecule has 0 heterocycles. The predicted molar refractivity (Wildman–Crippen MR) is 66.1 cm³/mol. The summed E-state index contributed by atoms with van der Waals surface area (Å²) in [6, 6.07) is 4.16. The van der Waals surface area contributed by atoms with Gasteiger partial charge in [0.1, 0.15) is 0 Å². The van der Waals surface area contributed by atoms with Gasteiger partial charge in [0.2, 0.25) is 5.91 Å². The summed E-state index contributed by atoms with van der Waals surface area (Å²) in [5.74, 6) is -0.469. The standard InChI is InChI=1S/C11H15NO6S/c1-17-9-4-3-8(7-10(9)18-2)19(15,16)6-5-11(13)12-14/h3-4,7,14H,5-6H2,1-2H3,(H,12,13). The minimum atomic E-state index is -3.63. The molecule has 0 bridgehead atoms. The first-order valence-corrected chi connectivity index (χ1v) is 6.97. The lowest BCUT2D eigenvalue weighted by molar-refractivity contribution is -0.128. The van der Waals surface area contributed by atoms with E-state index in [4.69, 9.17) is 14.7 Å². The zero-order valence-electron chi connectivity index (χ0n) is 10.5. The van der Waals surface area contributed by atoms with Gasteiger partial charge >= 0.3 is 0 Å². The largest absolute Gasteiger partial charge is 0.493 e. The third-order valence-corrected chi connectivity index (χ3v) is 4.15. The van der Waals surface area contributed by atoms with E-state index in [1.807, 2.05) is 0 Å². The maximum atomic E-state index is 12.0. The van der Waals surface area contributed by atoms with E-state index in [2.05, 4.69) is 0 Å². The number of hydrogen-bond acceptors (Lipinski definition) is 6. The number of benzene rings is 1. The highest BCUT2D eigenvalue weighted by Crippen LogP contribution is 2.29. The summed E-state index contributed by atoms with van der Waals surface area (Å²) in [6.07, 6.45) is -0.326. The van der Waals surface area contributed by atoms with E-state index >= 15 is 0 Å². The summed E-state index contributed by atoms with van der Waals surface area (Å²) < 4.78 is 33.9. The first-order valence-electron chi connectivity index (χ1n) is 5.32. The van der Waals surface area contributed by atoms with Gasteiger partial charge in [-0.25, -0.2) is 13.9 Å². The lowest BCUT2D eigenvalue weighted by Crippen LogP contribution is -2.22. The maximum Gasteiger partial charge on any atom is 0.244 e. The van der Waals surface area contributed by atoms with E-state index in [0.29, 0.717) is 5.75 Å². The van der Waals surface area contributed by atoms with Crippen LogP contribution < -0.4 is 15.0 Å². The third kappa shape index (κ3) is 3.83. The minimum Gasteiger partial charge on any atom is -0.493 e. The maximum absolute atomic E-state index is 12.0. The van der Waals surface area contributed by atoms with Crippen molar-refractivity contribution in [1.29, 1.82) is 0 Å². The molecule has 2 N–H and O–H groups in total. The summed E-state index contributed by atoms with van der Waals surface area (Å²) in [4.78, 5) is 10.9. The van der Waals surface area contributed by atoms with Crippen LogP contribution in [-0.4, -0.2) is 39.5 Å². The number of hydrogen-bond donors (Lipinski definition) is 2. The number of sulfone groups is 1. The molecule has 0 radical (unpaired) electrons. The molecule has 0 saturated heterocycles. The molecular weight excluding hydrogens is 274 g/mol. The SMILES string of the molecule is COc1ccc(S(=O)(=O)CCC(=O)NO)cc1OC. The van der Waals surface area contributed by atoms with Crippen molar-refractivity contribution in [2.45, 2.75) is 11.3 Å².